The zero-order chi connectivity index (χ0) is 18.9. The lowest BCUT2D eigenvalue weighted by Gasteiger charge is -2.24. The highest BCUT2D eigenvalue weighted by Crippen LogP contribution is 2.39. The number of fused-ring (bicyclic) bond motifs is 1. The van der Waals surface area contributed by atoms with Crippen molar-refractivity contribution in [3.8, 4) is 0 Å². The van der Waals surface area contributed by atoms with E-state index in [0.29, 0.717) is 16.7 Å². The third-order valence-corrected chi connectivity index (χ3v) is 8.48. The number of carbonyl (C=O) groups excluding carboxylic acids is 1. The SMILES string of the molecule is CCC(CC)C(=O)N=C1SC2CS(=O)(=O)CC2N1Cc1ccc(Cl)cc1. The summed E-state index contributed by atoms with van der Waals surface area (Å²) < 4.78 is 24.1. The van der Waals surface area contributed by atoms with Gasteiger partial charge in [-0.05, 0) is 30.5 Å². The normalized spacial score (nSPS) is 25.8. The zero-order valence-electron chi connectivity index (χ0n) is 14.9. The number of thioether (sulfide) groups is 1. The van der Waals surface area contributed by atoms with Crippen molar-refractivity contribution in [2.75, 3.05) is 11.5 Å². The van der Waals surface area contributed by atoms with Crippen LogP contribution in [0.5, 0.6) is 0 Å². The molecule has 1 aromatic carbocycles. The van der Waals surface area contributed by atoms with Crippen molar-refractivity contribution in [1.29, 1.82) is 0 Å². The molecular weight excluding hydrogens is 392 g/mol. The number of benzene rings is 1. The Morgan fingerprint density at radius 2 is 1.92 bits per heavy atom. The first-order valence-electron chi connectivity index (χ1n) is 8.83. The Labute approximate surface area is 164 Å². The van der Waals surface area contributed by atoms with Gasteiger partial charge in [0.25, 0.3) is 5.91 Å². The van der Waals surface area contributed by atoms with E-state index in [2.05, 4.69) is 4.99 Å². The average Bonchev–Trinajstić information content (AvgIpc) is 3.03. The number of amidine groups is 1. The highest BCUT2D eigenvalue weighted by molar-refractivity contribution is 8.15. The van der Waals surface area contributed by atoms with Crippen LogP contribution in [0.15, 0.2) is 29.3 Å². The Balaban J connectivity index is 1.88. The molecule has 1 amide bonds. The summed E-state index contributed by atoms with van der Waals surface area (Å²) >= 11 is 7.38. The third-order valence-electron chi connectivity index (χ3n) is 4.98. The molecule has 2 heterocycles. The van der Waals surface area contributed by atoms with Crippen molar-refractivity contribution in [3.05, 3.63) is 34.9 Å². The van der Waals surface area contributed by atoms with Crippen LogP contribution in [0.25, 0.3) is 0 Å². The maximum absolute atomic E-state index is 12.5. The summed E-state index contributed by atoms with van der Waals surface area (Å²) in [4.78, 5) is 18.9. The standard InChI is InChI=1S/C18H23ClN2O3S2/c1-3-13(4-2)17(22)20-18-21(9-12-5-7-14(19)8-6-12)15-10-26(23,24)11-16(15)25-18/h5-8,13,15-16H,3-4,9-11H2,1-2H3. The fraction of sp³-hybridized carbons (Fsp3) is 0.556. The maximum atomic E-state index is 12.5. The molecule has 2 fully saturated rings. The number of nitrogens with zero attached hydrogens (tertiary/aromatic N) is 2. The van der Waals surface area contributed by atoms with E-state index in [1.807, 2.05) is 43.0 Å². The van der Waals surface area contributed by atoms with Gasteiger partial charge >= 0.3 is 0 Å². The van der Waals surface area contributed by atoms with Gasteiger partial charge in [-0.1, -0.05) is 49.3 Å². The van der Waals surface area contributed by atoms with Gasteiger partial charge < -0.3 is 4.90 Å². The van der Waals surface area contributed by atoms with E-state index in [1.165, 1.54) is 11.8 Å². The molecule has 2 aliphatic heterocycles. The van der Waals surface area contributed by atoms with E-state index < -0.39 is 9.84 Å². The maximum Gasteiger partial charge on any atom is 0.251 e. The van der Waals surface area contributed by atoms with Crippen LogP contribution in [0, 0.1) is 5.92 Å². The molecule has 8 heteroatoms. The van der Waals surface area contributed by atoms with Crippen molar-refractivity contribution in [2.45, 2.75) is 44.5 Å². The van der Waals surface area contributed by atoms with Gasteiger partial charge in [-0.15, -0.1) is 0 Å². The molecule has 3 rings (SSSR count). The Hall–Kier alpha value is -1.05. The lowest BCUT2D eigenvalue weighted by atomic mass is 10.0. The summed E-state index contributed by atoms with van der Waals surface area (Å²) in [6.45, 7) is 4.50. The monoisotopic (exact) mass is 414 g/mol. The fourth-order valence-corrected chi connectivity index (χ4v) is 7.51. The van der Waals surface area contributed by atoms with Gasteiger partial charge in [0, 0.05) is 22.7 Å². The lowest BCUT2D eigenvalue weighted by molar-refractivity contribution is -0.121. The number of carbonyl (C=O) groups is 1. The Bertz CT molecular complexity index is 804. The van der Waals surface area contributed by atoms with Gasteiger partial charge in [0.05, 0.1) is 17.5 Å². The van der Waals surface area contributed by atoms with Crippen molar-refractivity contribution >= 4 is 44.3 Å². The van der Waals surface area contributed by atoms with Crippen LogP contribution in [0.4, 0.5) is 0 Å². The summed E-state index contributed by atoms with van der Waals surface area (Å²) in [6, 6.07) is 7.34. The van der Waals surface area contributed by atoms with Crippen molar-refractivity contribution in [1.82, 2.24) is 4.90 Å². The van der Waals surface area contributed by atoms with Crippen molar-refractivity contribution < 1.29 is 13.2 Å². The number of sulfone groups is 1. The molecule has 2 saturated heterocycles. The molecule has 0 N–H and O–H groups in total. The first-order chi connectivity index (χ1) is 12.3. The largest absolute Gasteiger partial charge is 0.342 e. The van der Waals surface area contributed by atoms with E-state index in [-0.39, 0.29) is 34.6 Å². The fourth-order valence-electron chi connectivity index (χ4n) is 3.43. The minimum absolute atomic E-state index is 0.0550. The van der Waals surface area contributed by atoms with Gasteiger partial charge in [0.2, 0.25) is 0 Å². The minimum Gasteiger partial charge on any atom is -0.342 e. The molecule has 0 radical (unpaired) electrons. The molecule has 2 unspecified atom stereocenters. The summed E-state index contributed by atoms with van der Waals surface area (Å²) in [6.07, 6.45) is 1.52. The second-order valence-electron chi connectivity index (χ2n) is 6.80. The molecule has 2 aliphatic rings. The Kier molecular flexibility index (Phi) is 5.99. The van der Waals surface area contributed by atoms with E-state index in [1.54, 1.807) is 0 Å². The Morgan fingerprint density at radius 3 is 2.54 bits per heavy atom. The van der Waals surface area contributed by atoms with Crippen molar-refractivity contribution in [3.63, 3.8) is 0 Å². The van der Waals surface area contributed by atoms with Crippen LogP contribution < -0.4 is 0 Å². The predicted molar refractivity (Wildman–Crippen MR) is 107 cm³/mol. The first kappa shape index (κ1) is 19.7. The smallest absolute Gasteiger partial charge is 0.251 e. The van der Waals surface area contributed by atoms with Gasteiger partial charge in [0.1, 0.15) is 0 Å². The molecule has 0 aromatic heterocycles. The van der Waals surface area contributed by atoms with E-state index >= 15 is 0 Å². The van der Waals surface area contributed by atoms with Crippen LogP contribution in [0.1, 0.15) is 32.3 Å². The van der Waals surface area contributed by atoms with Gasteiger partial charge in [0.15, 0.2) is 15.0 Å². The molecule has 142 valence electrons. The topological polar surface area (TPSA) is 66.8 Å². The number of rotatable bonds is 5. The van der Waals surface area contributed by atoms with Gasteiger partial charge in [-0.25, -0.2) is 8.42 Å². The van der Waals surface area contributed by atoms with E-state index in [9.17, 15) is 13.2 Å². The molecule has 0 spiro atoms. The van der Waals surface area contributed by atoms with Crippen LogP contribution in [0.3, 0.4) is 0 Å². The molecule has 2 atom stereocenters. The van der Waals surface area contributed by atoms with Crippen LogP contribution >= 0.6 is 23.4 Å². The van der Waals surface area contributed by atoms with Crippen LogP contribution in [0.2, 0.25) is 5.02 Å². The van der Waals surface area contributed by atoms with Crippen molar-refractivity contribution in [2.24, 2.45) is 10.9 Å². The number of hydrogen-bond donors (Lipinski definition) is 0. The molecule has 0 aliphatic carbocycles. The second kappa shape index (κ2) is 7.90. The molecule has 5 nitrogen and oxygen atoms in total. The zero-order valence-corrected chi connectivity index (χ0v) is 17.3. The second-order valence-corrected chi connectivity index (χ2v) is 10.6. The van der Waals surface area contributed by atoms with E-state index in [4.69, 9.17) is 11.6 Å². The molecule has 0 saturated carbocycles. The van der Waals surface area contributed by atoms with E-state index in [0.717, 1.165) is 18.4 Å². The highest BCUT2D eigenvalue weighted by Gasteiger charge is 2.48. The average molecular weight is 415 g/mol. The van der Waals surface area contributed by atoms with Crippen LogP contribution in [-0.2, 0) is 21.2 Å². The number of hydrogen-bond acceptors (Lipinski definition) is 4. The highest BCUT2D eigenvalue weighted by atomic mass is 35.5. The lowest BCUT2D eigenvalue weighted by Crippen LogP contribution is -2.37. The number of amides is 1. The quantitative estimate of drug-likeness (QED) is 0.738. The predicted octanol–water partition coefficient (Wildman–Crippen LogP) is 3.37. The Morgan fingerprint density at radius 1 is 1.27 bits per heavy atom. The third kappa shape index (κ3) is 4.26. The van der Waals surface area contributed by atoms with Gasteiger partial charge in [-0.2, -0.15) is 4.99 Å². The summed E-state index contributed by atoms with van der Waals surface area (Å²) in [5.74, 6) is 0.0831. The minimum atomic E-state index is -3.04. The summed E-state index contributed by atoms with van der Waals surface area (Å²) in [5, 5.41) is 1.26. The van der Waals surface area contributed by atoms with Crippen LogP contribution in [-0.4, -0.2) is 47.2 Å². The first-order valence-corrected chi connectivity index (χ1v) is 11.9. The van der Waals surface area contributed by atoms with Gasteiger partial charge in [-0.3, -0.25) is 4.79 Å². The molecular formula is C18H23ClN2O3S2. The summed E-state index contributed by atoms with van der Waals surface area (Å²) in [7, 11) is -3.04. The number of aliphatic imine (C=N–C) groups is 1. The molecule has 1 aromatic rings. The molecule has 26 heavy (non-hydrogen) atoms. The molecule has 0 bridgehead atoms. The summed E-state index contributed by atoms with van der Waals surface area (Å²) in [5.41, 5.74) is 1.02. The number of halogens is 1.